The number of thioether (sulfide) groups is 1. The average molecular weight is 463 g/mol. The molecule has 2 amide bonds. The number of anilines is 1. The summed E-state index contributed by atoms with van der Waals surface area (Å²) in [4.78, 5) is 29.6. The van der Waals surface area contributed by atoms with Gasteiger partial charge in [-0.2, -0.15) is 0 Å². The fraction of sp³-hybridized carbons (Fsp3) is 0.231. The number of hydrogen-bond acceptors (Lipinski definition) is 4. The highest BCUT2D eigenvalue weighted by Crippen LogP contribution is 2.55. The summed E-state index contributed by atoms with van der Waals surface area (Å²) in [6.45, 7) is 2.74. The van der Waals surface area contributed by atoms with Crippen LogP contribution < -0.4 is 9.64 Å². The highest BCUT2D eigenvalue weighted by atomic mass is 32.2. The van der Waals surface area contributed by atoms with E-state index in [4.69, 9.17) is 4.74 Å². The van der Waals surface area contributed by atoms with Gasteiger partial charge in [0, 0.05) is 23.4 Å². The first-order chi connectivity index (χ1) is 15.9. The van der Waals surface area contributed by atoms with E-state index in [1.54, 1.807) is 47.2 Å². The molecule has 1 spiro atoms. The first-order valence-corrected chi connectivity index (χ1v) is 11.7. The topological polar surface area (TPSA) is 49.9 Å². The monoisotopic (exact) mass is 462 g/mol. The van der Waals surface area contributed by atoms with Crippen LogP contribution in [0.2, 0.25) is 0 Å². The summed E-state index contributed by atoms with van der Waals surface area (Å²) in [6.07, 6.45) is 0. The van der Waals surface area contributed by atoms with E-state index in [9.17, 15) is 14.0 Å². The summed E-state index contributed by atoms with van der Waals surface area (Å²) >= 11 is 1.39. The minimum atomic E-state index is -1.29. The molecule has 2 aliphatic heterocycles. The molecule has 33 heavy (non-hydrogen) atoms. The predicted octanol–water partition coefficient (Wildman–Crippen LogP) is 4.73. The number of amides is 2. The van der Waals surface area contributed by atoms with Crippen molar-refractivity contribution >= 4 is 29.3 Å². The lowest BCUT2D eigenvalue weighted by Gasteiger charge is -2.33. The molecule has 2 aliphatic rings. The van der Waals surface area contributed by atoms with Crippen LogP contribution in [0.3, 0.4) is 0 Å². The number of nitrogens with zero attached hydrogens (tertiary/aromatic N) is 2. The second-order valence-electron chi connectivity index (χ2n) is 8.22. The number of carbonyl (C=O) groups excluding carboxylic acids is 2. The van der Waals surface area contributed by atoms with Crippen molar-refractivity contribution in [3.8, 4) is 5.75 Å². The Morgan fingerprint density at radius 2 is 1.94 bits per heavy atom. The summed E-state index contributed by atoms with van der Waals surface area (Å²) in [6, 6.07) is 19.2. The van der Waals surface area contributed by atoms with Gasteiger partial charge in [-0.15, -0.1) is 11.8 Å². The van der Waals surface area contributed by atoms with Crippen LogP contribution >= 0.6 is 11.8 Å². The Morgan fingerprint density at radius 1 is 1.12 bits per heavy atom. The molecular formula is C26H23FN2O3S. The molecule has 168 valence electrons. The van der Waals surface area contributed by atoms with Crippen molar-refractivity contribution in [1.29, 1.82) is 0 Å². The first-order valence-electron chi connectivity index (χ1n) is 10.7. The molecular weight excluding hydrogens is 439 g/mol. The van der Waals surface area contributed by atoms with Gasteiger partial charge in [-0.3, -0.25) is 9.59 Å². The van der Waals surface area contributed by atoms with Crippen molar-refractivity contribution in [3.63, 3.8) is 0 Å². The molecule has 3 aromatic rings. The Kier molecular flexibility index (Phi) is 5.37. The van der Waals surface area contributed by atoms with Crippen LogP contribution in [-0.4, -0.2) is 36.1 Å². The molecule has 0 saturated carbocycles. The van der Waals surface area contributed by atoms with Crippen LogP contribution in [0.15, 0.2) is 66.7 Å². The Labute approximate surface area is 196 Å². The lowest BCUT2D eigenvalue weighted by atomic mass is 10.0. The normalized spacial score (nSPS) is 19.3. The maximum atomic E-state index is 14.4. The van der Waals surface area contributed by atoms with Gasteiger partial charge in [0.2, 0.25) is 0 Å². The maximum Gasteiger partial charge on any atom is 0.268 e. The average Bonchev–Trinajstić information content (AvgIpc) is 3.36. The summed E-state index contributed by atoms with van der Waals surface area (Å²) < 4.78 is 19.7. The van der Waals surface area contributed by atoms with Crippen molar-refractivity contribution in [2.24, 2.45) is 0 Å². The van der Waals surface area contributed by atoms with E-state index in [0.29, 0.717) is 41.4 Å². The largest absolute Gasteiger partial charge is 0.497 e. The lowest BCUT2D eigenvalue weighted by Crippen LogP contribution is -2.50. The smallest absolute Gasteiger partial charge is 0.268 e. The van der Waals surface area contributed by atoms with Gasteiger partial charge < -0.3 is 14.5 Å². The number of halogens is 1. The third-order valence-corrected chi connectivity index (χ3v) is 7.56. The fourth-order valence-corrected chi connectivity index (χ4v) is 6.10. The number of methoxy groups -OCH3 is 1. The molecule has 7 heteroatoms. The third-order valence-electron chi connectivity index (χ3n) is 6.14. The van der Waals surface area contributed by atoms with Gasteiger partial charge in [0.05, 0.1) is 19.3 Å². The fourth-order valence-electron chi connectivity index (χ4n) is 4.65. The van der Waals surface area contributed by atoms with Crippen molar-refractivity contribution < 1.29 is 18.7 Å². The van der Waals surface area contributed by atoms with Gasteiger partial charge >= 0.3 is 0 Å². The highest BCUT2D eigenvalue weighted by molar-refractivity contribution is 8.01. The van der Waals surface area contributed by atoms with Crippen molar-refractivity contribution in [2.75, 3.05) is 24.3 Å². The quantitative estimate of drug-likeness (QED) is 0.563. The number of benzene rings is 3. The second-order valence-corrected chi connectivity index (χ2v) is 9.51. The molecule has 5 rings (SSSR count). The highest BCUT2D eigenvalue weighted by Gasteiger charge is 2.59. The zero-order valence-electron chi connectivity index (χ0n) is 18.4. The van der Waals surface area contributed by atoms with Gasteiger partial charge in [0.1, 0.15) is 11.6 Å². The molecule has 0 N–H and O–H groups in total. The molecule has 1 atom stereocenters. The number of aryl methyl sites for hydroxylation is 1. The number of carbonyl (C=O) groups is 2. The van der Waals surface area contributed by atoms with E-state index in [0.717, 1.165) is 11.1 Å². The van der Waals surface area contributed by atoms with Crippen LogP contribution in [0.4, 0.5) is 10.1 Å². The van der Waals surface area contributed by atoms with Gasteiger partial charge in [0.15, 0.2) is 4.87 Å². The molecule has 0 radical (unpaired) electrons. The molecule has 0 aliphatic carbocycles. The Balaban J connectivity index is 1.59. The summed E-state index contributed by atoms with van der Waals surface area (Å²) in [5, 5.41) is 0. The van der Waals surface area contributed by atoms with E-state index in [2.05, 4.69) is 0 Å². The zero-order valence-corrected chi connectivity index (χ0v) is 19.2. The zero-order chi connectivity index (χ0) is 23.2. The summed E-state index contributed by atoms with van der Waals surface area (Å²) in [7, 11) is 1.54. The van der Waals surface area contributed by atoms with E-state index in [1.807, 2.05) is 31.2 Å². The van der Waals surface area contributed by atoms with Crippen molar-refractivity contribution in [2.45, 2.75) is 18.3 Å². The Hall–Kier alpha value is -3.32. The predicted molar refractivity (Wildman–Crippen MR) is 127 cm³/mol. The number of fused-ring (bicyclic) bond motifs is 2. The molecule has 3 aromatic carbocycles. The van der Waals surface area contributed by atoms with Crippen LogP contribution in [-0.2, 0) is 16.2 Å². The molecule has 0 aromatic heterocycles. The standard InChI is InChI=1S/C26H23FN2O3S/c1-17-5-3-6-18(13-17)16-28-23-10-9-20(27)15-22(23)26(25(28)31)29(11-12-33-26)24(30)19-7-4-8-21(14-19)32-2/h3-10,13-15H,11-12,16H2,1-2H3/t26-/m0/s1. The molecule has 1 fully saturated rings. The maximum absolute atomic E-state index is 14.4. The molecule has 2 heterocycles. The second kappa shape index (κ2) is 8.23. The molecule has 1 saturated heterocycles. The SMILES string of the molecule is COc1cccc(C(=O)N2CCS[C@@]23C(=O)N(Cc2cccc(C)c2)c2ccc(F)cc23)c1. The van der Waals surface area contributed by atoms with Crippen LogP contribution in [0.25, 0.3) is 0 Å². The lowest BCUT2D eigenvalue weighted by molar-refractivity contribution is -0.123. The number of hydrogen-bond donors (Lipinski definition) is 0. The molecule has 5 nitrogen and oxygen atoms in total. The Bertz CT molecular complexity index is 1260. The summed E-state index contributed by atoms with van der Waals surface area (Å²) in [5.41, 5.74) is 3.67. The number of ether oxygens (including phenoxy) is 1. The Morgan fingerprint density at radius 3 is 2.73 bits per heavy atom. The minimum Gasteiger partial charge on any atom is -0.497 e. The van der Waals surface area contributed by atoms with Crippen LogP contribution in [0.1, 0.15) is 27.0 Å². The van der Waals surface area contributed by atoms with Gasteiger partial charge in [-0.25, -0.2) is 4.39 Å². The van der Waals surface area contributed by atoms with Crippen LogP contribution in [0.5, 0.6) is 5.75 Å². The van der Waals surface area contributed by atoms with Gasteiger partial charge in [0.25, 0.3) is 11.8 Å². The van der Waals surface area contributed by atoms with Crippen molar-refractivity contribution in [3.05, 3.63) is 94.8 Å². The van der Waals surface area contributed by atoms with E-state index >= 15 is 0 Å². The van der Waals surface area contributed by atoms with E-state index in [1.165, 1.54) is 23.9 Å². The van der Waals surface area contributed by atoms with E-state index < -0.39 is 10.7 Å². The minimum absolute atomic E-state index is 0.219. The summed E-state index contributed by atoms with van der Waals surface area (Å²) in [5.74, 6) is 0.213. The third kappa shape index (κ3) is 3.47. The van der Waals surface area contributed by atoms with Gasteiger partial charge in [-0.05, 0) is 48.9 Å². The first kappa shape index (κ1) is 21.5. The van der Waals surface area contributed by atoms with E-state index in [-0.39, 0.29) is 11.8 Å². The van der Waals surface area contributed by atoms with Crippen LogP contribution in [0, 0.1) is 12.7 Å². The molecule has 0 bridgehead atoms. The molecule has 0 unspecified atom stereocenters. The number of rotatable bonds is 4. The van der Waals surface area contributed by atoms with Gasteiger partial charge in [-0.1, -0.05) is 35.9 Å². The van der Waals surface area contributed by atoms with Crippen molar-refractivity contribution in [1.82, 2.24) is 4.90 Å².